The summed E-state index contributed by atoms with van der Waals surface area (Å²) in [6.07, 6.45) is 0.259. The fraction of sp³-hybridized carbons (Fsp3) is 0.300. The average Bonchev–Trinajstić information content (AvgIpc) is 2.95. The zero-order valence-corrected chi connectivity index (χ0v) is 9.31. The highest BCUT2D eigenvalue weighted by molar-refractivity contribution is 5.92. The second-order valence-corrected chi connectivity index (χ2v) is 3.55. The van der Waals surface area contributed by atoms with Gasteiger partial charge >= 0.3 is 0 Å². The summed E-state index contributed by atoms with van der Waals surface area (Å²) in [5.41, 5.74) is 0.190. The van der Waals surface area contributed by atoms with Crippen molar-refractivity contribution < 1.29 is 13.6 Å². The fourth-order valence-electron chi connectivity index (χ4n) is 1.50. The first kappa shape index (κ1) is 12.2. The molecule has 8 heteroatoms. The second-order valence-electron chi connectivity index (χ2n) is 3.55. The van der Waals surface area contributed by atoms with Gasteiger partial charge < -0.3 is 9.88 Å². The van der Waals surface area contributed by atoms with E-state index in [1.807, 2.05) is 0 Å². The zero-order chi connectivity index (χ0) is 13.0. The minimum Gasteiger partial charge on any atom is -0.343 e. The number of nitrogens with zero attached hydrogens (tertiary/aromatic N) is 3. The van der Waals surface area contributed by atoms with Crippen LogP contribution in [0.4, 0.5) is 8.78 Å². The van der Waals surface area contributed by atoms with Gasteiger partial charge in [-0.15, -0.1) is 0 Å². The van der Waals surface area contributed by atoms with Crippen LogP contribution >= 0.6 is 0 Å². The normalized spacial score (nSPS) is 10.8. The number of aromatic amines is 1. The highest BCUT2D eigenvalue weighted by Gasteiger charge is 2.13. The summed E-state index contributed by atoms with van der Waals surface area (Å²) in [4.78, 5) is 15.6. The number of carbonyl (C=O) groups is 1. The molecule has 6 nitrogen and oxygen atoms in total. The molecule has 0 fully saturated rings. The lowest BCUT2D eigenvalue weighted by Crippen LogP contribution is -2.26. The third-order valence-corrected chi connectivity index (χ3v) is 2.28. The lowest BCUT2D eigenvalue weighted by Gasteiger charge is -2.08. The SMILES string of the molecule is O=C(NCc1ncn[nH]1)c1cccn1CC(F)F. The van der Waals surface area contributed by atoms with Gasteiger partial charge in [-0.1, -0.05) is 0 Å². The molecule has 2 heterocycles. The molecular formula is C10H11F2N5O. The number of alkyl halides is 2. The fourth-order valence-corrected chi connectivity index (χ4v) is 1.50. The van der Waals surface area contributed by atoms with E-state index < -0.39 is 18.9 Å². The number of H-pyrrole nitrogens is 1. The zero-order valence-electron chi connectivity index (χ0n) is 9.31. The van der Waals surface area contributed by atoms with Crippen molar-refractivity contribution in [3.63, 3.8) is 0 Å². The van der Waals surface area contributed by atoms with Gasteiger partial charge in [0.25, 0.3) is 12.3 Å². The maximum atomic E-state index is 12.3. The van der Waals surface area contributed by atoms with Gasteiger partial charge in [-0.05, 0) is 12.1 Å². The van der Waals surface area contributed by atoms with Crippen LogP contribution in [0, 0.1) is 0 Å². The molecule has 0 aliphatic carbocycles. The van der Waals surface area contributed by atoms with Gasteiger partial charge in [0.1, 0.15) is 17.8 Å². The number of aromatic nitrogens is 4. The van der Waals surface area contributed by atoms with E-state index in [0.29, 0.717) is 5.82 Å². The largest absolute Gasteiger partial charge is 0.343 e. The van der Waals surface area contributed by atoms with Crippen molar-refractivity contribution in [1.29, 1.82) is 0 Å². The van der Waals surface area contributed by atoms with Crippen molar-refractivity contribution in [1.82, 2.24) is 25.1 Å². The molecule has 0 aliphatic rings. The van der Waals surface area contributed by atoms with E-state index in [9.17, 15) is 13.6 Å². The summed E-state index contributed by atoms with van der Waals surface area (Å²) in [6, 6.07) is 3.03. The first-order valence-electron chi connectivity index (χ1n) is 5.22. The predicted octanol–water partition coefficient (Wildman–Crippen LogP) is 0.801. The molecule has 2 N–H and O–H groups in total. The summed E-state index contributed by atoms with van der Waals surface area (Å²) >= 11 is 0. The van der Waals surface area contributed by atoms with Gasteiger partial charge in [0.2, 0.25) is 0 Å². The molecule has 0 atom stereocenters. The number of rotatable bonds is 5. The summed E-state index contributed by atoms with van der Waals surface area (Å²) in [5, 5.41) is 8.77. The topological polar surface area (TPSA) is 75.6 Å². The number of hydrogen-bond acceptors (Lipinski definition) is 3. The van der Waals surface area contributed by atoms with Crippen LogP contribution in [0.2, 0.25) is 0 Å². The number of amides is 1. The summed E-state index contributed by atoms with van der Waals surface area (Å²) in [6.45, 7) is -0.337. The molecule has 96 valence electrons. The van der Waals surface area contributed by atoms with Crippen molar-refractivity contribution in [3.05, 3.63) is 36.2 Å². The Labute approximate surface area is 101 Å². The maximum absolute atomic E-state index is 12.3. The molecule has 1 amide bonds. The molecule has 2 aromatic heterocycles. The van der Waals surface area contributed by atoms with Gasteiger partial charge in [0, 0.05) is 6.20 Å². The molecule has 0 aliphatic heterocycles. The Morgan fingerprint density at radius 1 is 1.56 bits per heavy atom. The molecule has 0 aromatic carbocycles. The average molecular weight is 255 g/mol. The number of carbonyl (C=O) groups excluding carboxylic acids is 1. The van der Waals surface area contributed by atoms with Gasteiger partial charge in [0.05, 0.1) is 13.1 Å². The first-order valence-corrected chi connectivity index (χ1v) is 5.22. The monoisotopic (exact) mass is 255 g/mol. The third-order valence-electron chi connectivity index (χ3n) is 2.28. The Morgan fingerprint density at radius 2 is 2.39 bits per heavy atom. The van der Waals surface area contributed by atoms with Crippen molar-refractivity contribution in [3.8, 4) is 0 Å². The summed E-state index contributed by atoms with van der Waals surface area (Å²) < 4.78 is 25.8. The molecule has 0 unspecified atom stereocenters. The molecule has 0 bridgehead atoms. The predicted molar refractivity (Wildman–Crippen MR) is 58.0 cm³/mol. The molecule has 0 saturated carbocycles. The van der Waals surface area contributed by atoms with Crippen LogP contribution in [0.25, 0.3) is 0 Å². The van der Waals surface area contributed by atoms with Crippen LogP contribution < -0.4 is 5.32 Å². The Bertz CT molecular complexity index is 508. The van der Waals surface area contributed by atoms with Crippen LogP contribution in [0.15, 0.2) is 24.7 Å². The maximum Gasteiger partial charge on any atom is 0.268 e. The van der Waals surface area contributed by atoms with E-state index in [1.54, 1.807) is 6.07 Å². The molecule has 2 aromatic rings. The van der Waals surface area contributed by atoms with Crippen molar-refractivity contribution >= 4 is 5.91 Å². The van der Waals surface area contributed by atoms with Crippen LogP contribution in [0.5, 0.6) is 0 Å². The quantitative estimate of drug-likeness (QED) is 0.829. The number of halogens is 2. The molecule has 18 heavy (non-hydrogen) atoms. The van der Waals surface area contributed by atoms with Gasteiger partial charge in [0.15, 0.2) is 0 Å². The van der Waals surface area contributed by atoms with E-state index >= 15 is 0 Å². The van der Waals surface area contributed by atoms with Crippen molar-refractivity contribution in [2.45, 2.75) is 19.5 Å². The lowest BCUT2D eigenvalue weighted by atomic mass is 10.4. The van der Waals surface area contributed by atoms with Crippen LogP contribution in [0.1, 0.15) is 16.3 Å². The molecule has 0 spiro atoms. The Morgan fingerprint density at radius 3 is 3.06 bits per heavy atom. The molecule has 0 radical (unpaired) electrons. The van der Waals surface area contributed by atoms with E-state index in [1.165, 1.54) is 23.2 Å². The van der Waals surface area contributed by atoms with Crippen LogP contribution in [0.3, 0.4) is 0 Å². The number of hydrogen-bond donors (Lipinski definition) is 2. The van der Waals surface area contributed by atoms with E-state index in [4.69, 9.17) is 0 Å². The van der Waals surface area contributed by atoms with Gasteiger partial charge in [-0.25, -0.2) is 13.8 Å². The Kier molecular flexibility index (Phi) is 3.66. The summed E-state index contributed by atoms with van der Waals surface area (Å²) in [7, 11) is 0. The number of nitrogens with one attached hydrogen (secondary N) is 2. The second kappa shape index (κ2) is 5.39. The Balaban J connectivity index is 1.98. The van der Waals surface area contributed by atoms with Crippen molar-refractivity contribution in [2.24, 2.45) is 0 Å². The van der Waals surface area contributed by atoms with Gasteiger partial charge in [-0.2, -0.15) is 5.10 Å². The molecule has 2 rings (SSSR count). The summed E-state index contributed by atoms with van der Waals surface area (Å²) in [5.74, 6) is 0.0624. The van der Waals surface area contributed by atoms with E-state index in [0.717, 1.165) is 0 Å². The van der Waals surface area contributed by atoms with E-state index in [2.05, 4.69) is 20.5 Å². The highest BCUT2D eigenvalue weighted by atomic mass is 19.3. The minimum atomic E-state index is -2.50. The lowest BCUT2D eigenvalue weighted by molar-refractivity contribution is 0.0927. The highest BCUT2D eigenvalue weighted by Crippen LogP contribution is 2.06. The molecule has 0 saturated heterocycles. The smallest absolute Gasteiger partial charge is 0.268 e. The van der Waals surface area contributed by atoms with Gasteiger partial charge in [-0.3, -0.25) is 9.89 Å². The Hall–Kier alpha value is -2.25. The van der Waals surface area contributed by atoms with Crippen LogP contribution in [-0.2, 0) is 13.1 Å². The molecular weight excluding hydrogens is 244 g/mol. The first-order chi connectivity index (χ1) is 8.66. The van der Waals surface area contributed by atoms with E-state index in [-0.39, 0.29) is 12.2 Å². The third kappa shape index (κ3) is 2.90. The standard InChI is InChI=1S/C10H11F2N5O/c11-8(12)5-17-3-1-2-7(17)10(18)13-4-9-14-6-15-16-9/h1-3,6,8H,4-5H2,(H,13,18)(H,14,15,16). The minimum absolute atomic E-state index is 0.165. The van der Waals surface area contributed by atoms with Crippen LogP contribution in [-0.4, -0.2) is 32.1 Å². The van der Waals surface area contributed by atoms with Crippen molar-refractivity contribution in [2.75, 3.05) is 0 Å².